The number of nitrogens with zero attached hydrogens (tertiary/aromatic N) is 3. The van der Waals surface area contributed by atoms with Gasteiger partial charge in [0.1, 0.15) is 6.07 Å². The Balaban J connectivity index is 1.76. The highest BCUT2D eigenvalue weighted by Gasteiger charge is 2.22. The van der Waals surface area contributed by atoms with Crippen LogP contribution in [0.4, 0.5) is 5.69 Å². The van der Waals surface area contributed by atoms with Gasteiger partial charge in [0, 0.05) is 31.4 Å². The predicted molar refractivity (Wildman–Crippen MR) is 100 cm³/mol. The molecule has 0 aliphatic carbocycles. The Bertz CT molecular complexity index is 887. The Hall–Kier alpha value is -3.27. The van der Waals surface area contributed by atoms with Gasteiger partial charge in [-0.25, -0.2) is 4.79 Å². The Labute approximate surface area is 157 Å². The topological polar surface area (TPSA) is 101 Å². The Morgan fingerprint density at radius 3 is 2.48 bits per heavy atom. The summed E-state index contributed by atoms with van der Waals surface area (Å²) in [6, 6.07) is 9.48. The van der Waals surface area contributed by atoms with Crippen LogP contribution in [0, 0.1) is 11.3 Å². The van der Waals surface area contributed by atoms with E-state index in [1.54, 1.807) is 4.57 Å². The molecule has 1 fully saturated rings. The molecule has 1 aromatic carbocycles. The summed E-state index contributed by atoms with van der Waals surface area (Å²) in [7, 11) is 1.27. The normalized spacial score (nSPS) is 13.4. The van der Waals surface area contributed by atoms with Gasteiger partial charge in [-0.05, 0) is 37.0 Å². The molecule has 140 valence electrons. The smallest absolute Gasteiger partial charge is 0.357 e. The zero-order chi connectivity index (χ0) is 19.4. The standard InChI is InChI=1S/C20H22N4O3/c1-27-20(26)19-18(22)15(12-21)13-24(19)16-7-4-14(5-8-16)6-9-17(25)23-10-2-3-11-23/h4-5,7-8,13H,2-3,6,9-11,22H2,1H3. The summed E-state index contributed by atoms with van der Waals surface area (Å²) in [6.45, 7) is 1.73. The number of methoxy groups -OCH3 is 1. The summed E-state index contributed by atoms with van der Waals surface area (Å²) in [5.41, 5.74) is 8.09. The number of esters is 1. The Morgan fingerprint density at radius 2 is 1.89 bits per heavy atom. The number of carbonyl (C=O) groups excluding carboxylic acids is 2. The second-order valence-electron chi connectivity index (χ2n) is 6.53. The largest absolute Gasteiger partial charge is 0.464 e. The predicted octanol–water partition coefficient (Wildman–Crippen LogP) is 2.27. The van der Waals surface area contributed by atoms with Crippen molar-refractivity contribution in [3.63, 3.8) is 0 Å². The molecule has 1 aromatic heterocycles. The molecule has 0 saturated carbocycles. The van der Waals surface area contributed by atoms with Gasteiger partial charge in [-0.2, -0.15) is 5.26 Å². The van der Waals surface area contributed by atoms with Crippen molar-refractivity contribution in [2.75, 3.05) is 25.9 Å². The van der Waals surface area contributed by atoms with E-state index in [1.165, 1.54) is 13.3 Å². The van der Waals surface area contributed by atoms with E-state index in [-0.39, 0.29) is 22.9 Å². The van der Waals surface area contributed by atoms with Crippen molar-refractivity contribution in [3.8, 4) is 11.8 Å². The van der Waals surface area contributed by atoms with Crippen molar-refractivity contribution < 1.29 is 14.3 Å². The summed E-state index contributed by atoms with van der Waals surface area (Å²) in [5, 5.41) is 9.18. The lowest BCUT2D eigenvalue weighted by Gasteiger charge is -2.15. The Kier molecular flexibility index (Phi) is 5.46. The molecule has 1 aliphatic rings. The fraction of sp³-hybridized carbons (Fsp3) is 0.350. The minimum absolute atomic E-state index is 0.102. The number of hydrogen-bond acceptors (Lipinski definition) is 5. The number of anilines is 1. The number of nitrogen functional groups attached to an aromatic ring is 1. The third-order valence-corrected chi connectivity index (χ3v) is 4.84. The number of ether oxygens (including phenoxy) is 1. The summed E-state index contributed by atoms with van der Waals surface area (Å²) in [4.78, 5) is 26.1. The highest BCUT2D eigenvalue weighted by atomic mass is 16.5. The van der Waals surface area contributed by atoms with E-state index >= 15 is 0 Å². The molecule has 0 spiro atoms. The summed E-state index contributed by atoms with van der Waals surface area (Å²) in [5.74, 6) is -0.407. The summed E-state index contributed by atoms with van der Waals surface area (Å²) < 4.78 is 6.34. The van der Waals surface area contributed by atoms with Crippen molar-refractivity contribution in [3.05, 3.63) is 47.3 Å². The molecule has 0 unspecified atom stereocenters. The van der Waals surface area contributed by atoms with E-state index in [0.717, 1.165) is 31.5 Å². The van der Waals surface area contributed by atoms with Crippen molar-refractivity contribution in [1.29, 1.82) is 5.26 Å². The first-order valence-corrected chi connectivity index (χ1v) is 8.91. The molecule has 1 saturated heterocycles. The van der Waals surface area contributed by atoms with Crippen LogP contribution >= 0.6 is 0 Å². The fourth-order valence-electron chi connectivity index (χ4n) is 3.32. The molecule has 2 N–H and O–H groups in total. The molecule has 0 radical (unpaired) electrons. The fourth-order valence-corrected chi connectivity index (χ4v) is 3.32. The van der Waals surface area contributed by atoms with Crippen LogP contribution in [0.3, 0.4) is 0 Å². The minimum atomic E-state index is -0.603. The van der Waals surface area contributed by atoms with Crippen molar-refractivity contribution in [2.45, 2.75) is 25.7 Å². The Morgan fingerprint density at radius 1 is 1.22 bits per heavy atom. The first-order valence-electron chi connectivity index (χ1n) is 8.91. The van der Waals surface area contributed by atoms with Gasteiger partial charge in [0.05, 0.1) is 18.4 Å². The van der Waals surface area contributed by atoms with Gasteiger partial charge in [-0.1, -0.05) is 12.1 Å². The molecule has 7 nitrogen and oxygen atoms in total. The van der Waals surface area contributed by atoms with Gasteiger partial charge in [0.15, 0.2) is 5.69 Å². The van der Waals surface area contributed by atoms with E-state index in [1.807, 2.05) is 35.2 Å². The summed E-state index contributed by atoms with van der Waals surface area (Å²) >= 11 is 0. The zero-order valence-corrected chi connectivity index (χ0v) is 15.3. The highest BCUT2D eigenvalue weighted by Crippen LogP contribution is 2.25. The number of nitrogens with two attached hydrogens (primary N) is 1. The highest BCUT2D eigenvalue weighted by molar-refractivity contribution is 5.95. The molecule has 2 heterocycles. The van der Waals surface area contributed by atoms with Gasteiger partial charge >= 0.3 is 5.97 Å². The number of rotatable bonds is 5. The molecule has 0 bridgehead atoms. The van der Waals surface area contributed by atoms with Crippen LogP contribution in [-0.2, 0) is 16.0 Å². The van der Waals surface area contributed by atoms with Gasteiger partial charge in [-0.15, -0.1) is 0 Å². The van der Waals surface area contributed by atoms with Crippen LogP contribution in [0.25, 0.3) is 5.69 Å². The second kappa shape index (κ2) is 7.96. The molecule has 2 aromatic rings. The maximum absolute atomic E-state index is 12.2. The van der Waals surface area contributed by atoms with Gasteiger partial charge < -0.3 is 19.9 Å². The molecule has 1 aliphatic heterocycles. The number of amides is 1. The monoisotopic (exact) mass is 366 g/mol. The average molecular weight is 366 g/mol. The van der Waals surface area contributed by atoms with E-state index in [9.17, 15) is 14.9 Å². The van der Waals surface area contributed by atoms with Gasteiger partial charge in [-0.3, -0.25) is 4.79 Å². The van der Waals surface area contributed by atoms with Gasteiger partial charge in [0.25, 0.3) is 0 Å². The second-order valence-corrected chi connectivity index (χ2v) is 6.53. The molecular weight excluding hydrogens is 344 g/mol. The third-order valence-electron chi connectivity index (χ3n) is 4.84. The van der Waals surface area contributed by atoms with E-state index < -0.39 is 5.97 Å². The van der Waals surface area contributed by atoms with Gasteiger partial charge in [0.2, 0.25) is 5.91 Å². The molecule has 27 heavy (non-hydrogen) atoms. The number of aromatic nitrogens is 1. The number of carbonyl (C=O) groups is 2. The SMILES string of the molecule is COC(=O)c1c(N)c(C#N)cn1-c1ccc(CCC(=O)N2CCCC2)cc1. The first-order chi connectivity index (χ1) is 13.0. The van der Waals surface area contributed by atoms with Crippen LogP contribution in [-0.4, -0.2) is 41.5 Å². The number of benzene rings is 1. The van der Waals surface area contributed by atoms with Crippen molar-refractivity contribution >= 4 is 17.6 Å². The van der Waals surface area contributed by atoms with Crippen LogP contribution in [0.2, 0.25) is 0 Å². The van der Waals surface area contributed by atoms with Crippen molar-refractivity contribution in [2.24, 2.45) is 0 Å². The summed E-state index contributed by atoms with van der Waals surface area (Å²) in [6.07, 6.45) is 4.85. The maximum Gasteiger partial charge on any atom is 0.357 e. The van der Waals surface area contributed by atoms with Crippen LogP contribution in [0.5, 0.6) is 0 Å². The molecular formula is C20H22N4O3. The van der Waals surface area contributed by atoms with Crippen LogP contribution < -0.4 is 5.73 Å². The number of aryl methyl sites for hydroxylation is 1. The molecule has 1 amide bonds. The third kappa shape index (κ3) is 3.80. The zero-order valence-electron chi connectivity index (χ0n) is 15.3. The van der Waals surface area contributed by atoms with E-state index in [4.69, 9.17) is 10.5 Å². The van der Waals surface area contributed by atoms with Crippen LogP contribution in [0.1, 0.15) is 40.9 Å². The van der Waals surface area contributed by atoms with E-state index in [0.29, 0.717) is 18.5 Å². The lowest BCUT2D eigenvalue weighted by Crippen LogP contribution is -2.27. The van der Waals surface area contributed by atoms with Crippen LogP contribution in [0.15, 0.2) is 30.5 Å². The number of likely N-dealkylation sites (tertiary alicyclic amines) is 1. The van der Waals surface area contributed by atoms with E-state index in [2.05, 4.69) is 0 Å². The number of nitriles is 1. The lowest BCUT2D eigenvalue weighted by atomic mass is 10.1. The number of hydrogen-bond donors (Lipinski definition) is 1. The van der Waals surface area contributed by atoms with Crippen molar-refractivity contribution in [1.82, 2.24) is 9.47 Å². The first kappa shape index (κ1) is 18.5. The molecule has 7 heteroatoms. The molecule has 3 rings (SSSR count). The maximum atomic E-state index is 12.2. The minimum Gasteiger partial charge on any atom is -0.464 e. The quantitative estimate of drug-likeness (QED) is 0.818. The lowest BCUT2D eigenvalue weighted by molar-refractivity contribution is -0.130. The molecule has 0 atom stereocenters. The average Bonchev–Trinajstić information content (AvgIpc) is 3.34.